The second kappa shape index (κ2) is 11.3. The van der Waals surface area contributed by atoms with Crippen LogP contribution in [0.15, 0.2) is 48.5 Å². The van der Waals surface area contributed by atoms with Gasteiger partial charge in [-0.05, 0) is 82.0 Å². The molecule has 0 saturated carbocycles. The van der Waals surface area contributed by atoms with Crippen molar-refractivity contribution in [3.8, 4) is 0 Å². The van der Waals surface area contributed by atoms with Crippen LogP contribution in [0.2, 0.25) is 0 Å². The van der Waals surface area contributed by atoms with E-state index in [0.29, 0.717) is 12.8 Å². The Morgan fingerprint density at radius 3 is 2.59 bits per heavy atom. The van der Waals surface area contributed by atoms with E-state index in [1.54, 1.807) is 0 Å². The van der Waals surface area contributed by atoms with Crippen LogP contribution in [0.1, 0.15) is 41.8 Å². The Hall–Kier alpha value is -3.45. The van der Waals surface area contributed by atoms with Crippen molar-refractivity contribution in [2.45, 2.75) is 46.5 Å². The van der Waals surface area contributed by atoms with Crippen molar-refractivity contribution in [1.29, 1.82) is 0 Å². The van der Waals surface area contributed by atoms with Crippen LogP contribution < -0.4 is 10.2 Å². The van der Waals surface area contributed by atoms with Gasteiger partial charge in [-0.2, -0.15) is 5.10 Å². The zero-order valence-corrected chi connectivity index (χ0v) is 22.3. The van der Waals surface area contributed by atoms with Gasteiger partial charge in [-0.25, -0.2) is 9.50 Å². The van der Waals surface area contributed by atoms with E-state index in [0.717, 1.165) is 85.6 Å². The van der Waals surface area contributed by atoms with Gasteiger partial charge in [0.25, 0.3) is 0 Å². The summed E-state index contributed by atoms with van der Waals surface area (Å²) in [6.07, 6.45) is 3.26. The molecule has 1 N–H and O–H groups in total. The number of amides is 1. The molecule has 1 aliphatic heterocycles. The molecule has 1 saturated heterocycles. The number of nitrogens with zero attached hydrogens (tertiary/aromatic N) is 5. The molecule has 37 heavy (non-hydrogen) atoms. The van der Waals surface area contributed by atoms with Gasteiger partial charge in [0.05, 0.1) is 5.52 Å². The number of rotatable bonds is 9. The summed E-state index contributed by atoms with van der Waals surface area (Å²) in [4.78, 5) is 22.4. The van der Waals surface area contributed by atoms with Crippen molar-refractivity contribution in [2.75, 3.05) is 44.2 Å². The number of anilines is 1. The Kier molecular flexibility index (Phi) is 7.70. The monoisotopic (exact) mass is 498 g/mol. The third kappa shape index (κ3) is 5.77. The molecule has 0 radical (unpaired) electrons. The van der Waals surface area contributed by atoms with Crippen LogP contribution in [0, 0.1) is 20.8 Å². The number of carbonyl (C=O) groups excluding carboxylic acids is 1. The van der Waals surface area contributed by atoms with Gasteiger partial charge in [0.15, 0.2) is 5.65 Å². The number of hydrogen-bond acceptors (Lipinski definition) is 5. The van der Waals surface area contributed by atoms with E-state index in [1.165, 1.54) is 11.3 Å². The predicted molar refractivity (Wildman–Crippen MR) is 150 cm³/mol. The first-order valence-electron chi connectivity index (χ1n) is 13.5. The molecule has 7 nitrogen and oxygen atoms in total. The zero-order valence-electron chi connectivity index (χ0n) is 22.3. The van der Waals surface area contributed by atoms with E-state index in [9.17, 15) is 4.79 Å². The van der Waals surface area contributed by atoms with Gasteiger partial charge in [0.2, 0.25) is 5.91 Å². The summed E-state index contributed by atoms with van der Waals surface area (Å²) in [5.41, 5.74) is 7.63. The van der Waals surface area contributed by atoms with E-state index in [1.807, 2.05) is 29.6 Å². The van der Waals surface area contributed by atoms with Gasteiger partial charge in [-0.1, -0.05) is 24.3 Å². The van der Waals surface area contributed by atoms with Crippen molar-refractivity contribution in [1.82, 2.24) is 24.8 Å². The molecule has 1 amide bonds. The lowest BCUT2D eigenvalue weighted by atomic mass is 10.1. The molecule has 1 fully saturated rings. The molecule has 0 aliphatic carbocycles. The van der Waals surface area contributed by atoms with Crippen molar-refractivity contribution in [3.63, 3.8) is 0 Å². The number of piperazine rings is 1. The summed E-state index contributed by atoms with van der Waals surface area (Å²) in [6, 6.07) is 16.9. The molecule has 5 rings (SSSR count). The first kappa shape index (κ1) is 25.2. The van der Waals surface area contributed by atoms with E-state index in [2.05, 4.69) is 59.3 Å². The number of nitrogens with one attached hydrogen (secondary N) is 1. The Morgan fingerprint density at radius 2 is 1.78 bits per heavy atom. The Bertz CT molecular complexity index is 1390. The molecule has 194 valence electrons. The first-order valence-corrected chi connectivity index (χ1v) is 13.5. The molecule has 1 aliphatic rings. The fraction of sp³-hybridized carbons (Fsp3) is 0.433. The van der Waals surface area contributed by atoms with Gasteiger partial charge >= 0.3 is 0 Å². The molecular formula is C30H38N6O. The van der Waals surface area contributed by atoms with E-state index in [-0.39, 0.29) is 5.91 Å². The Balaban J connectivity index is 1.03. The lowest BCUT2D eigenvalue weighted by Gasteiger charge is -2.36. The fourth-order valence-corrected chi connectivity index (χ4v) is 5.41. The molecule has 3 heterocycles. The first-order chi connectivity index (χ1) is 18.0. The minimum Gasteiger partial charge on any atom is -0.369 e. The smallest absolute Gasteiger partial charge is 0.220 e. The molecule has 4 aromatic rings. The Morgan fingerprint density at radius 1 is 0.973 bits per heavy atom. The van der Waals surface area contributed by atoms with Crippen molar-refractivity contribution in [2.24, 2.45) is 0 Å². The minimum atomic E-state index is 0.108. The van der Waals surface area contributed by atoms with Crippen molar-refractivity contribution < 1.29 is 4.79 Å². The number of aromatic nitrogens is 3. The zero-order chi connectivity index (χ0) is 25.8. The molecule has 2 aromatic carbocycles. The maximum atomic E-state index is 12.5. The third-order valence-electron chi connectivity index (χ3n) is 7.58. The number of aryl methyl sites for hydroxylation is 3. The highest BCUT2D eigenvalue weighted by atomic mass is 16.1. The number of hydrogen-bond donors (Lipinski definition) is 1. The van der Waals surface area contributed by atoms with Crippen LogP contribution in [-0.2, 0) is 11.2 Å². The van der Waals surface area contributed by atoms with Crippen LogP contribution >= 0.6 is 0 Å². The van der Waals surface area contributed by atoms with E-state index < -0.39 is 0 Å². The highest BCUT2D eigenvalue weighted by Crippen LogP contribution is 2.23. The molecule has 0 atom stereocenters. The maximum Gasteiger partial charge on any atom is 0.220 e. The van der Waals surface area contributed by atoms with Crippen molar-refractivity contribution in [3.05, 3.63) is 71.0 Å². The van der Waals surface area contributed by atoms with Gasteiger partial charge in [0, 0.05) is 61.6 Å². The summed E-state index contributed by atoms with van der Waals surface area (Å²) < 4.78 is 1.92. The quantitative estimate of drug-likeness (QED) is 0.345. The van der Waals surface area contributed by atoms with Crippen LogP contribution in [0.25, 0.3) is 16.6 Å². The summed E-state index contributed by atoms with van der Waals surface area (Å²) in [7, 11) is 0. The van der Waals surface area contributed by atoms with Gasteiger partial charge < -0.3 is 10.2 Å². The highest BCUT2D eigenvalue weighted by Gasteiger charge is 2.17. The average molecular weight is 499 g/mol. The fourth-order valence-electron chi connectivity index (χ4n) is 5.41. The molecule has 0 unspecified atom stereocenters. The molecule has 0 bridgehead atoms. The average Bonchev–Trinajstić information content (AvgIpc) is 3.27. The lowest BCUT2D eigenvalue weighted by Crippen LogP contribution is -2.46. The van der Waals surface area contributed by atoms with Crippen LogP contribution in [0.5, 0.6) is 0 Å². The maximum absolute atomic E-state index is 12.5. The van der Waals surface area contributed by atoms with Crippen LogP contribution in [0.4, 0.5) is 5.69 Å². The number of fused-ring (bicyclic) bond motifs is 3. The largest absolute Gasteiger partial charge is 0.369 e. The van der Waals surface area contributed by atoms with Crippen LogP contribution in [-0.4, -0.2) is 64.7 Å². The minimum absolute atomic E-state index is 0.108. The molecule has 7 heteroatoms. The second-order valence-corrected chi connectivity index (χ2v) is 10.2. The highest BCUT2D eigenvalue weighted by molar-refractivity contribution is 5.92. The molecule has 2 aromatic heterocycles. The topological polar surface area (TPSA) is 65.8 Å². The third-order valence-corrected chi connectivity index (χ3v) is 7.58. The SMILES string of the molecule is Cc1cccc(N2CCN(CCCCNC(=O)CCc3c(C)nc4c5ccccc5nn4c3C)CC2)c1. The summed E-state index contributed by atoms with van der Waals surface area (Å²) in [6.45, 7) is 12.4. The summed E-state index contributed by atoms with van der Waals surface area (Å²) in [5.74, 6) is 0.108. The normalized spacial score (nSPS) is 14.5. The second-order valence-electron chi connectivity index (χ2n) is 10.2. The number of benzene rings is 2. The van der Waals surface area contributed by atoms with E-state index in [4.69, 9.17) is 10.1 Å². The molecular weight excluding hydrogens is 460 g/mol. The van der Waals surface area contributed by atoms with E-state index >= 15 is 0 Å². The van der Waals surface area contributed by atoms with Gasteiger partial charge in [-0.3, -0.25) is 9.69 Å². The standard InChI is InChI=1S/C30H38N6O/c1-22-9-8-10-25(21-22)35-19-17-34(18-20-35)16-7-6-15-31-29(37)14-13-26-23(2)32-30-27-11-4-5-12-28(27)33-36(30)24(26)3/h4-5,8-12,21H,6-7,13-20H2,1-3H3,(H,31,37). The lowest BCUT2D eigenvalue weighted by molar-refractivity contribution is -0.121. The summed E-state index contributed by atoms with van der Waals surface area (Å²) >= 11 is 0. The van der Waals surface area contributed by atoms with Gasteiger partial charge in [0.1, 0.15) is 0 Å². The predicted octanol–water partition coefficient (Wildman–Crippen LogP) is 4.46. The van der Waals surface area contributed by atoms with Crippen molar-refractivity contribution >= 4 is 28.1 Å². The van der Waals surface area contributed by atoms with Crippen LogP contribution in [0.3, 0.4) is 0 Å². The number of unbranched alkanes of at least 4 members (excludes halogenated alkanes) is 1. The molecule has 0 spiro atoms. The number of carbonyl (C=O) groups is 1. The summed E-state index contributed by atoms with van der Waals surface area (Å²) in [5, 5.41) is 8.90. The Labute approximate surface area is 219 Å². The van der Waals surface area contributed by atoms with Gasteiger partial charge in [-0.15, -0.1) is 0 Å².